The predicted octanol–water partition coefficient (Wildman–Crippen LogP) is 4.76. The van der Waals surface area contributed by atoms with Gasteiger partial charge in [-0.15, -0.1) is 0 Å². The number of anilines is 3. The summed E-state index contributed by atoms with van der Waals surface area (Å²) in [6.45, 7) is 1.45. The molecule has 22 heavy (non-hydrogen) atoms. The molecule has 2 rings (SSSR count). The summed E-state index contributed by atoms with van der Waals surface area (Å²) in [4.78, 5) is 11.1. The first-order chi connectivity index (χ1) is 10.4. The van der Waals surface area contributed by atoms with E-state index in [4.69, 9.17) is 35.4 Å². The predicted molar refractivity (Wildman–Crippen MR) is 97.1 cm³/mol. The second-order valence-electron chi connectivity index (χ2n) is 4.47. The first kappa shape index (κ1) is 16.5. The highest BCUT2D eigenvalue weighted by molar-refractivity contribution is 7.80. The van der Waals surface area contributed by atoms with Gasteiger partial charge >= 0.3 is 0 Å². The lowest BCUT2D eigenvalue weighted by Crippen LogP contribution is -2.19. The summed E-state index contributed by atoms with van der Waals surface area (Å²) in [7, 11) is 0. The van der Waals surface area contributed by atoms with Crippen molar-refractivity contribution in [2.45, 2.75) is 6.92 Å². The van der Waals surface area contributed by atoms with Crippen LogP contribution in [-0.4, -0.2) is 11.0 Å². The van der Waals surface area contributed by atoms with E-state index in [1.165, 1.54) is 6.92 Å². The van der Waals surface area contributed by atoms with E-state index in [1.54, 1.807) is 30.3 Å². The van der Waals surface area contributed by atoms with Gasteiger partial charge in [-0.2, -0.15) is 0 Å². The van der Waals surface area contributed by atoms with Crippen molar-refractivity contribution in [3.63, 3.8) is 0 Å². The summed E-state index contributed by atoms with van der Waals surface area (Å²) >= 11 is 17.1. The number of halogens is 2. The second-order valence-corrected chi connectivity index (χ2v) is 5.69. The van der Waals surface area contributed by atoms with Gasteiger partial charge in [0.05, 0.1) is 10.0 Å². The Kier molecular flexibility index (Phi) is 5.60. The molecular weight excluding hydrogens is 341 g/mol. The van der Waals surface area contributed by atoms with E-state index in [-0.39, 0.29) is 5.91 Å². The number of hydrogen-bond donors (Lipinski definition) is 3. The maximum absolute atomic E-state index is 11.1. The highest BCUT2D eigenvalue weighted by Gasteiger charge is 2.03. The van der Waals surface area contributed by atoms with Crippen molar-refractivity contribution >= 4 is 63.5 Å². The molecule has 4 nitrogen and oxygen atoms in total. The third-order valence-corrected chi connectivity index (χ3v) is 3.56. The minimum absolute atomic E-state index is 0.131. The number of nitrogens with one attached hydrogen (secondary N) is 3. The van der Waals surface area contributed by atoms with Crippen LogP contribution < -0.4 is 16.0 Å². The maximum atomic E-state index is 11.1. The van der Waals surface area contributed by atoms with Gasteiger partial charge in [-0.25, -0.2) is 0 Å². The monoisotopic (exact) mass is 353 g/mol. The van der Waals surface area contributed by atoms with Gasteiger partial charge in [-0.3, -0.25) is 4.79 Å². The molecule has 0 aliphatic carbocycles. The molecule has 0 aliphatic rings. The Hall–Kier alpha value is -1.82. The van der Waals surface area contributed by atoms with Crippen LogP contribution in [0.1, 0.15) is 6.92 Å². The van der Waals surface area contributed by atoms with Crippen molar-refractivity contribution in [2.24, 2.45) is 0 Å². The van der Waals surface area contributed by atoms with Crippen LogP contribution in [-0.2, 0) is 4.79 Å². The zero-order valence-electron chi connectivity index (χ0n) is 11.6. The van der Waals surface area contributed by atoms with Crippen molar-refractivity contribution < 1.29 is 4.79 Å². The van der Waals surface area contributed by atoms with Crippen LogP contribution in [0.25, 0.3) is 0 Å². The summed E-state index contributed by atoms with van der Waals surface area (Å²) in [6, 6.07) is 12.4. The Morgan fingerprint density at radius 3 is 2.09 bits per heavy atom. The van der Waals surface area contributed by atoms with Crippen LogP contribution in [0.4, 0.5) is 17.1 Å². The van der Waals surface area contributed by atoms with E-state index in [9.17, 15) is 4.79 Å². The van der Waals surface area contributed by atoms with Crippen LogP contribution in [0.15, 0.2) is 42.5 Å². The average molecular weight is 354 g/mol. The van der Waals surface area contributed by atoms with E-state index in [1.807, 2.05) is 12.1 Å². The molecule has 2 aromatic carbocycles. The highest BCUT2D eigenvalue weighted by atomic mass is 35.5. The van der Waals surface area contributed by atoms with Gasteiger partial charge in [0.15, 0.2) is 5.11 Å². The van der Waals surface area contributed by atoms with Gasteiger partial charge in [0.25, 0.3) is 0 Å². The second kappa shape index (κ2) is 7.45. The van der Waals surface area contributed by atoms with E-state index >= 15 is 0 Å². The Balaban J connectivity index is 2.02. The van der Waals surface area contributed by atoms with Crippen molar-refractivity contribution in [1.29, 1.82) is 0 Å². The van der Waals surface area contributed by atoms with E-state index in [0.717, 1.165) is 11.4 Å². The van der Waals surface area contributed by atoms with Gasteiger partial charge in [0.1, 0.15) is 0 Å². The SMILES string of the molecule is CC(=O)Nc1cccc(NC(=S)Nc2ccc(Cl)c(Cl)c2)c1. The molecule has 0 spiro atoms. The third kappa shape index (κ3) is 4.87. The minimum Gasteiger partial charge on any atom is -0.332 e. The normalized spacial score (nSPS) is 9.95. The molecule has 0 aromatic heterocycles. The molecule has 1 amide bonds. The molecule has 0 unspecified atom stereocenters. The third-order valence-electron chi connectivity index (χ3n) is 2.62. The summed E-state index contributed by atoms with van der Waals surface area (Å²) in [5, 5.41) is 10.1. The zero-order chi connectivity index (χ0) is 16.1. The van der Waals surface area contributed by atoms with Crippen molar-refractivity contribution in [2.75, 3.05) is 16.0 Å². The molecule has 7 heteroatoms. The molecule has 0 saturated heterocycles. The van der Waals surface area contributed by atoms with E-state index in [2.05, 4.69) is 16.0 Å². The van der Waals surface area contributed by atoms with Crippen LogP contribution >= 0.6 is 35.4 Å². The van der Waals surface area contributed by atoms with Gasteiger partial charge in [-0.1, -0.05) is 29.3 Å². The molecule has 0 saturated carbocycles. The van der Waals surface area contributed by atoms with Crippen LogP contribution in [0.2, 0.25) is 10.0 Å². The Morgan fingerprint density at radius 1 is 0.909 bits per heavy atom. The number of carbonyl (C=O) groups is 1. The van der Waals surface area contributed by atoms with Gasteiger partial charge in [0, 0.05) is 24.0 Å². The largest absolute Gasteiger partial charge is 0.332 e. The number of thiocarbonyl (C=S) groups is 1. The summed E-state index contributed by atoms with van der Waals surface area (Å²) in [5.74, 6) is -0.131. The molecule has 2 aromatic rings. The van der Waals surface area contributed by atoms with Gasteiger partial charge < -0.3 is 16.0 Å². The first-order valence-electron chi connectivity index (χ1n) is 6.35. The molecule has 0 radical (unpaired) electrons. The minimum atomic E-state index is -0.131. The Morgan fingerprint density at radius 2 is 1.50 bits per heavy atom. The number of hydrogen-bond acceptors (Lipinski definition) is 2. The smallest absolute Gasteiger partial charge is 0.221 e. The number of benzene rings is 2. The highest BCUT2D eigenvalue weighted by Crippen LogP contribution is 2.25. The fraction of sp³-hybridized carbons (Fsp3) is 0.0667. The summed E-state index contributed by atoms with van der Waals surface area (Å²) in [5.41, 5.74) is 2.17. The quantitative estimate of drug-likeness (QED) is 0.696. The molecule has 3 N–H and O–H groups in total. The standard InChI is InChI=1S/C15H13Cl2N3OS/c1-9(21)18-10-3-2-4-11(7-10)19-15(22)20-12-5-6-13(16)14(17)8-12/h2-8H,1H3,(H,18,21)(H2,19,20,22). The summed E-state index contributed by atoms with van der Waals surface area (Å²) in [6.07, 6.45) is 0. The van der Waals surface area contributed by atoms with Crippen LogP contribution in [0.3, 0.4) is 0 Å². The average Bonchev–Trinajstić information content (AvgIpc) is 2.42. The topological polar surface area (TPSA) is 53.2 Å². The van der Waals surface area contributed by atoms with Crippen molar-refractivity contribution in [3.8, 4) is 0 Å². The van der Waals surface area contributed by atoms with Crippen molar-refractivity contribution in [3.05, 3.63) is 52.5 Å². The fourth-order valence-corrected chi connectivity index (χ4v) is 2.28. The molecule has 0 fully saturated rings. The Labute approximate surface area is 143 Å². The van der Waals surface area contributed by atoms with Crippen LogP contribution in [0.5, 0.6) is 0 Å². The molecule has 0 atom stereocenters. The fourth-order valence-electron chi connectivity index (χ4n) is 1.75. The summed E-state index contributed by atoms with van der Waals surface area (Å²) < 4.78 is 0. The number of rotatable bonds is 3. The first-order valence-corrected chi connectivity index (χ1v) is 7.51. The lowest BCUT2D eigenvalue weighted by molar-refractivity contribution is -0.114. The molecule has 0 heterocycles. The van der Waals surface area contributed by atoms with Crippen LogP contribution in [0, 0.1) is 0 Å². The van der Waals surface area contributed by atoms with E-state index < -0.39 is 0 Å². The van der Waals surface area contributed by atoms with Crippen molar-refractivity contribution in [1.82, 2.24) is 0 Å². The number of carbonyl (C=O) groups excluding carboxylic acids is 1. The van der Waals surface area contributed by atoms with Gasteiger partial charge in [-0.05, 0) is 48.6 Å². The molecule has 0 aliphatic heterocycles. The molecular formula is C15H13Cl2N3OS. The molecule has 114 valence electrons. The zero-order valence-corrected chi connectivity index (χ0v) is 13.9. The molecule has 0 bridgehead atoms. The maximum Gasteiger partial charge on any atom is 0.221 e. The lowest BCUT2D eigenvalue weighted by Gasteiger charge is -2.12. The lowest BCUT2D eigenvalue weighted by atomic mass is 10.2. The Bertz CT molecular complexity index is 722. The van der Waals surface area contributed by atoms with E-state index in [0.29, 0.717) is 20.8 Å². The number of amides is 1. The van der Waals surface area contributed by atoms with Gasteiger partial charge in [0.2, 0.25) is 5.91 Å².